The predicted octanol–water partition coefficient (Wildman–Crippen LogP) is 2.71. The van der Waals surface area contributed by atoms with Gasteiger partial charge in [-0.2, -0.15) is 4.31 Å². The lowest BCUT2D eigenvalue weighted by Gasteiger charge is -2.34. The Morgan fingerprint density at radius 3 is 2.04 bits per heavy atom. The minimum Gasteiger partial charge on any atom is -0.497 e. The molecule has 2 aromatic rings. The van der Waals surface area contributed by atoms with Crippen molar-refractivity contribution in [1.29, 1.82) is 0 Å². The molecule has 0 N–H and O–H groups in total. The number of morpholine rings is 1. The Balaban J connectivity index is 1.72. The molecular weight excluding hydrogens is 382 g/mol. The smallest absolute Gasteiger partial charge is 0.343 e. The molecule has 28 heavy (non-hydrogen) atoms. The number of benzene rings is 2. The zero-order chi connectivity index (χ0) is 20.3. The molecule has 0 saturated carbocycles. The summed E-state index contributed by atoms with van der Waals surface area (Å²) in [7, 11) is -2.10. The maximum absolute atomic E-state index is 12.9. The van der Waals surface area contributed by atoms with E-state index in [0.29, 0.717) is 24.6 Å². The zero-order valence-electron chi connectivity index (χ0n) is 16.0. The van der Waals surface area contributed by atoms with Crippen LogP contribution in [0.3, 0.4) is 0 Å². The molecule has 0 amide bonds. The Hall–Kier alpha value is -2.42. The van der Waals surface area contributed by atoms with Crippen LogP contribution in [0, 0.1) is 0 Å². The molecule has 0 unspecified atom stereocenters. The quantitative estimate of drug-likeness (QED) is 0.562. The third kappa shape index (κ3) is 4.52. The molecule has 0 aliphatic carbocycles. The number of carbonyl (C=O) groups is 1. The first-order valence-corrected chi connectivity index (χ1v) is 10.4. The summed E-state index contributed by atoms with van der Waals surface area (Å²) in [6.45, 7) is 4.29. The molecule has 2 aromatic carbocycles. The molecule has 1 saturated heterocycles. The van der Waals surface area contributed by atoms with Gasteiger partial charge in [-0.25, -0.2) is 13.2 Å². The topological polar surface area (TPSA) is 82.1 Å². The van der Waals surface area contributed by atoms with E-state index in [1.54, 1.807) is 31.4 Å². The van der Waals surface area contributed by atoms with Crippen LogP contribution in [0.2, 0.25) is 0 Å². The van der Waals surface area contributed by atoms with Gasteiger partial charge in [0.25, 0.3) is 0 Å². The molecular formula is C20H23NO6S. The Bertz CT molecular complexity index is 914. The van der Waals surface area contributed by atoms with E-state index in [0.717, 1.165) is 0 Å². The largest absolute Gasteiger partial charge is 0.497 e. The van der Waals surface area contributed by atoms with E-state index in [1.807, 2.05) is 13.8 Å². The highest BCUT2D eigenvalue weighted by molar-refractivity contribution is 7.89. The maximum Gasteiger partial charge on any atom is 0.343 e. The molecule has 0 bridgehead atoms. The van der Waals surface area contributed by atoms with Gasteiger partial charge < -0.3 is 14.2 Å². The Labute approximate surface area is 164 Å². The third-order valence-corrected chi connectivity index (χ3v) is 6.23. The number of hydrogen-bond acceptors (Lipinski definition) is 6. The highest BCUT2D eigenvalue weighted by Gasteiger charge is 2.32. The van der Waals surface area contributed by atoms with Gasteiger partial charge in [-0.15, -0.1) is 0 Å². The fourth-order valence-corrected chi connectivity index (χ4v) is 4.64. The highest BCUT2D eigenvalue weighted by Crippen LogP contribution is 2.22. The van der Waals surface area contributed by atoms with Crippen molar-refractivity contribution >= 4 is 16.0 Å². The van der Waals surface area contributed by atoms with Gasteiger partial charge in [0.05, 0.1) is 29.8 Å². The summed E-state index contributed by atoms with van der Waals surface area (Å²) in [6, 6.07) is 12.4. The number of methoxy groups -OCH3 is 1. The van der Waals surface area contributed by atoms with Gasteiger partial charge in [-0.05, 0) is 62.4 Å². The molecule has 150 valence electrons. The van der Waals surface area contributed by atoms with Gasteiger partial charge in [0.1, 0.15) is 11.5 Å². The van der Waals surface area contributed by atoms with Gasteiger partial charge >= 0.3 is 5.97 Å². The first-order valence-electron chi connectivity index (χ1n) is 8.91. The summed E-state index contributed by atoms with van der Waals surface area (Å²) in [4.78, 5) is 12.4. The maximum atomic E-state index is 12.9. The number of sulfonamides is 1. The molecule has 1 fully saturated rings. The second-order valence-electron chi connectivity index (χ2n) is 6.67. The van der Waals surface area contributed by atoms with Crippen LogP contribution in [0.4, 0.5) is 0 Å². The number of ether oxygens (including phenoxy) is 3. The van der Waals surface area contributed by atoms with Crippen LogP contribution in [-0.2, 0) is 14.8 Å². The summed E-state index contributed by atoms with van der Waals surface area (Å²) in [5.41, 5.74) is 0.262. The normalized spacial score (nSPS) is 20.5. The monoisotopic (exact) mass is 405 g/mol. The van der Waals surface area contributed by atoms with Crippen LogP contribution < -0.4 is 9.47 Å². The lowest BCUT2D eigenvalue weighted by molar-refractivity contribution is -0.0440. The molecule has 3 rings (SSSR count). The Kier molecular flexibility index (Phi) is 6.02. The average molecular weight is 405 g/mol. The molecule has 1 aliphatic heterocycles. The minimum atomic E-state index is -3.65. The summed E-state index contributed by atoms with van der Waals surface area (Å²) in [5.74, 6) is 0.461. The first kappa shape index (κ1) is 20.3. The summed E-state index contributed by atoms with van der Waals surface area (Å²) in [6.07, 6.45) is -0.338. The number of carbonyl (C=O) groups excluding carboxylic acids is 1. The zero-order valence-corrected chi connectivity index (χ0v) is 16.8. The summed E-state index contributed by atoms with van der Waals surface area (Å²) >= 11 is 0. The fourth-order valence-electron chi connectivity index (χ4n) is 3.05. The molecule has 0 aromatic heterocycles. The predicted molar refractivity (Wildman–Crippen MR) is 103 cm³/mol. The van der Waals surface area contributed by atoms with E-state index in [2.05, 4.69) is 0 Å². The van der Waals surface area contributed by atoms with Crippen molar-refractivity contribution in [2.75, 3.05) is 20.2 Å². The van der Waals surface area contributed by atoms with E-state index < -0.39 is 16.0 Å². The van der Waals surface area contributed by atoms with Crippen LogP contribution in [0.1, 0.15) is 24.2 Å². The molecule has 1 aliphatic rings. The molecule has 8 heteroatoms. The van der Waals surface area contributed by atoms with Crippen LogP contribution in [0.15, 0.2) is 53.4 Å². The van der Waals surface area contributed by atoms with Crippen LogP contribution in [-0.4, -0.2) is 51.1 Å². The minimum absolute atomic E-state index is 0.134. The van der Waals surface area contributed by atoms with Gasteiger partial charge in [0.15, 0.2) is 0 Å². The van der Waals surface area contributed by atoms with E-state index in [1.165, 1.54) is 28.6 Å². The van der Waals surface area contributed by atoms with Crippen LogP contribution in [0.5, 0.6) is 11.5 Å². The molecule has 7 nitrogen and oxygen atoms in total. The lowest BCUT2D eigenvalue weighted by Crippen LogP contribution is -2.48. The molecule has 1 heterocycles. The van der Waals surface area contributed by atoms with Crippen molar-refractivity contribution in [2.45, 2.75) is 31.0 Å². The SMILES string of the molecule is COc1ccc(OC(=O)c2ccc(S(=O)(=O)N3C[C@@H](C)O[C@H](C)C3)cc2)cc1. The number of hydrogen-bond donors (Lipinski definition) is 0. The summed E-state index contributed by atoms with van der Waals surface area (Å²) < 4.78 is 43.1. The summed E-state index contributed by atoms with van der Waals surface area (Å²) in [5, 5.41) is 0. The molecule has 0 radical (unpaired) electrons. The number of nitrogens with zero attached hydrogens (tertiary/aromatic N) is 1. The lowest BCUT2D eigenvalue weighted by atomic mass is 10.2. The fraction of sp³-hybridized carbons (Fsp3) is 0.350. The molecule has 2 atom stereocenters. The number of esters is 1. The second kappa shape index (κ2) is 8.30. The van der Waals surface area contributed by atoms with Crippen molar-refractivity contribution in [1.82, 2.24) is 4.31 Å². The second-order valence-corrected chi connectivity index (χ2v) is 8.61. The van der Waals surface area contributed by atoms with Gasteiger partial charge in [-0.1, -0.05) is 0 Å². The number of rotatable bonds is 5. The third-order valence-electron chi connectivity index (χ3n) is 4.38. The van der Waals surface area contributed by atoms with Crippen molar-refractivity contribution in [2.24, 2.45) is 0 Å². The molecule has 0 spiro atoms. The first-order chi connectivity index (χ1) is 13.3. The standard InChI is InChI=1S/C20H23NO6S/c1-14-12-21(13-15(2)26-14)28(23,24)19-10-4-16(5-11-19)20(22)27-18-8-6-17(25-3)7-9-18/h4-11,14-15H,12-13H2,1-3H3/t14-,15-/m1/s1. The van der Waals surface area contributed by atoms with E-state index in [9.17, 15) is 13.2 Å². The van der Waals surface area contributed by atoms with Crippen LogP contribution >= 0.6 is 0 Å². The van der Waals surface area contributed by atoms with E-state index >= 15 is 0 Å². The van der Waals surface area contributed by atoms with Gasteiger partial charge in [0, 0.05) is 13.1 Å². The van der Waals surface area contributed by atoms with Gasteiger partial charge in [-0.3, -0.25) is 0 Å². The van der Waals surface area contributed by atoms with Crippen LogP contribution in [0.25, 0.3) is 0 Å². The highest BCUT2D eigenvalue weighted by atomic mass is 32.2. The van der Waals surface area contributed by atoms with Crippen molar-refractivity contribution < 1.29 is 27.4 Å². The van der Waals surface area contributed by atoms with E-state index in [-0.39, 0.29) is 22.7 Å². The Morgan fingerprint density at radius 1 is 0.964 bits per heavy atom. The van der Waals surface area contributed by atoms with E-state index in [4.69, 9.17) is 14.2 Å². The van der Waals surface area contributed by atoms with Crippen molar-refractivity contribution in [3.05, 3.63) is 54.1 Å². The van der Waals surface area contributed by atoms with Crippen molar-refractivity contribution in [3.63, 3.8) is 0 Å². The van der Waals surface area contributed by atoms with Crippen molar-refractivity contribution in [3.8, 4) is 11.5 Å². The Morgan fingerprint density at radius 2 is 1.50 bits per heavy atom. The van der Waals surface area contributed by atoms with Gasteiger partial charge in [0.2, 0.25) is 10.0 Å². The average Bonchev–Trinajstić information content (AvgIpc) is 2.68.